The van der Waals surface area contributed by atoms with E-state index >= 15 is 0 Å². The molecule has 1 spiro atoms. The van der Waals surface area contributed by atoms with Crippen LogP contribution in [0.25, 0.3) is 0 Å². The van der Waals surface area contributed by atoms with Crippen molar-refractivity contribution in [3.63, 3.8) is 0 Å². The van der Waals surface area contributed by atoms with E-state index in [1.807, 2.05) is 24.3 Å². The highest BCUT2D eigenvalue weighted by Gasteiger charge is 2.53. The highest BCUT2D eigenvalue weighted by Crippen LogP contribution is 2.35. The molecule has 2 aliphatic heterocycles. The van der Waals surface area contributed by atoms with Gasteiger partial charge in [-0.15, -0.1) is 0 Å². The summed E-state index contributed by atoms with van der Waals surface area (Å²) in [7, 11) is 1.60. The highest BCUT2D eigenvalue weighted by molar-refractivity contribution is 5.82. The summed E-state index contributed by atoms with van der Waals surface area (Å²) in [5.41, 5.74) is 0.792. The number of carbonyl (C=O) groups excluding carboxylic acids is 2. The third kappa shape index (κ3) is 3.24. The van der Waals surface area contributed by atoms with Gasteiger partial charge in [0.15, 0.2) is 6.61 Å². The predicted molar refractivity (Wildman–Crippen MR) is 88.4 cm³/mol. The van der Waals surface area contributed by atoms with Crippen LogP contribution in [0.15, 0.2) is 24.3 Å². The molecule has 2 fully saturated rings. The van der Waals surface area contributed by atoms with Gasteiger partial charge in [0, 0.05) is 7.05 Å². The molecular weight excluding hydrogens is 308 g/mol. The minimum Gasteiger partial charge on any atom is -0.484 e. The fourth-order valence-electron chi connectivity index (χ4n) is 3.04. The summed E-state index contributed by atoms with van der Waals surface area (Å²) in [5.74, 6) is 0.544. The van der Waals surface area contributed by atoms with Crippen molar-refractivity contribution in [1.82, 2.24) is 9.96 Å². The summed E-state index contributed by atoms with van der Waals surface area (Å²) in [6.07, 6.45) is 0.336. The topological polar surface area (TPSA) is 59.1 Å². The molecule has 0 bridgehead atoms. The van der Waals surface area contributed by atoms with Crippen molar-refractivity contribution in [2.24, 2.45) is 0 Å². The van der Waals surface area contributed by atoms with Crippen LogP contribution in [0.1, 0.15) is 32.8 Å². The Morgan fingerprint density at radius 1 is 1.25 bits per heavy atom. The molecule has 0 atom stereocenters. The Morgan fingerprint density at radius 3 is 2.38 bits per heavy atom. The molecule has 130 valence electrons. The summed E-state index contributed by atoms with van der Waals surface area (Å²) in [6, 6.07) is 7.82. The van der Waals surface area contributed by atoms with E-state index < -0.39 is 5.60 Å². The Labute approximate surface area is 142 Å². The zero-order valence-electron chi connectivity index (χ0n) is 14.7. The van der Waals surface area contributed by atoms with E-state index in [1.165, 1.54) is 10.6 Å². The van der Waals surface area contributed by atoms with E-state index in [0.717, 1.165) is 0 Å². The minimum absolute atomic E-state index is 0.00523. The predicted octanol–water partition coefficient (Wildman–Crippen LogP) is 1.74. The summed E-state index contributed by atoms with van der Waals surface area (Å²) in [6.45, 7) is 7.33. The number of likely N-dealkylation sites (tertiary alicyclic amines) is 1. The van der Waals surface area contributed by atoms with Gasteiger partial charge in [-0.05, 0) is 23.1 Å². The average molecular weight is 332 g/mol. The molecule has 24 heavy (non-hydrogen) atoms. The average Bonchev–Trinajstić information content (AvgIpc) is 2.78. The molecule has 0 aromatic heterocycles. The molecule has 3 rings (SSSR count). The number of ether oxygens (including phenoxy) is 1. The molecule has 1 aromatic carbocycles. The van der Waals surface area contributed by atoms with Crippen molar-refractivity contribution in [2.45, 2.75) is 38.2 Å². The van der Waals surface area contributed by atoms with Gasteiger partial charge in [0.05, 0.1) is 19.5 Å². The van der Waals surface area contributed by atoms with Gasteiger partial charge in [0.2, 0.25) is 5.91 Å². The number of hydrogen-bond acceptors (Lipinski definition) is 4. The first-order valence-electron chi connectivity index (χ1n) is 8.15. The zero-order chi connectivity index (χ0) is 17.5. The van der Waals surface area contributed by atoms with Crippen LogP contribution in [0, 0.1) is 0 Å². The monoisotopic (exact) mass is 332 g/mol. The Hall–Kier alpha value is -2.08. The number of amides is 2. The van der Waals surface area contributed by atoms with Crippen LogP contribution in [0.2, 0.25) is 0 Å². The first-order chi connectivity index (χ1) is 11.2. The fourth-order valence-corrected chi connectivity index (χ4v) is 3.04. The first-order valence-corrected chi connectivity index (χ1v) is 8.15. The molecule has 0 saturated carbocycles. The van der Waals surface area contributed by atoms with Crippen molar-refractivity contribution in [3.05, 3.63) is 29.8 Å². The molecule has 0 unspecified atom stereocenters. The van der Waals surface area contributed by atoms with E-state index in [9.17, 15) is 9.59 Å². The Kier molecular flexibility index (Phi) is 4.03. The Bertz CT molecular complexity index is 642. The van der Waals surface area contributed by atoms with Gasteiger partial charge in [0.1, 0.15) is 11.4 Å². The van der Waals surface area contributed by atoms with Crippen LogP contribution in [0.3, 0.4) is 0 Å². The number of hydrogen-bond donors (Lipinski definition) is 0. The standard InChI is InChI=1S/C18H24N2O4/c1-17(2,3)13-5-7-14(8-6-13)23-10-16(22)20-11-18(12-20)9-15(21)19(4)24-18/h5-8H,9-12H2,1-4H3. The first kappa shape index (κ1) is 16.8. The Morgan fingerprint density at radius 2 is 1.88 bits per heavy atom. The van der Waals surface area contributed by atoms with Gasteiger partial charge in [-0.2, -0.15) is 0 Å². The number of carbonyl (C=O) groups is 2. The normalized spacial score (nSPS) is 19.6. The van der Waals surface area contributed by atoms with Crippen LogP contribution in [0.5, 0.6) is 5.75 Å². The van der Waals surface area contributed by atoms with Gasteiger partial charge >= 0.3 is 0 Å². The number of rotatable bonds is 3. The third-order valence-electron chi connectivity index (χ3n) is 4.55. The van der Waals surface area contributed by atoms with Crippen molar-refractivity contribution >= 4 is 11.8 Å². The van der Waals surface area contributed by atoms with Crippen molar-refractivity contribution < 1.29 is 19.2 Å². The number of nitrogens with zero attached hydrogens (tertiary/aromatic N) is 2. The lowest BCUT2D eigenvalue weighted by atomic mass is 9.87. The van der Waals surface area contributed by atoms with E-state index in [-0.39, 0.29) is 23.8 Å². The molecule has 6 nitrogen and oxygen atoms in total. The lowest BCUT2D eigenvalue weighted by Gasteiger charge is -2.45. The van der Waals surface area contributed by atoms with Crippen molar-refractivity contribution in [1.29, 1.82) is 0 Å². The van der Waals surface area contributed by atoms with Crippen LogP contribution >= 0.6 is 0 Å². The van der Waals surface area contributed by atoms with E-state index in [1.54, 1.807) is 11.9 Å². The molecule has 0 aliphatic carbocycles. The second kappa shape index (κ2) is 5.77. The Balaban J connectivity index is 1.48. The lowest BCUT2D eigenvalue weighted by Crippen LogP contribution is -2.64. The maximum absolute atomic E-state index is 12.2. The summed E-state index contributed by atoms with van der Waals surface area (Å²) in [4.78, 5) is 30.9. The zero-order valence-corrected chi connectivity index (χ0v) is 14.7. The van der Waals surface area contributed by atoms with Crippen LogP contribution in [0.4, 0.5) is 0 Å². The lowest BCUT2D eigenvalue weighted by molar-refractivity contribution is -0.226. The van der Waals surface area contributed by atoms with Crippen molar-refractivity contribution in [3.8, 4) is 5.75 Å². The van der Waals surface area contributed by atoms with Gasteiger partial charge in [0.25, 0.3) is 5.91 Å². The van der Waals surface area contributed by atoms with Crippen LogP contribution in [-0.4, -0.2) is 54.1 Å². The SMILES string of the molecule is CN1OC2(CC1=O)CN(C(=O)COc1ccc(C(C)(C)C)cc1)C2. The van der Waals surface area contributed by atoms with E-state index in [0.29, 0.717) is 25.3 Å². The summed E-state index contributed by atoms with van der Waals surface area (Å²) < 4.78 is 5.58. The minimum atomic E-state index is -0.518. The molecule has 2 amide bonds. The quantitative estimate of drug-likeness (QED) is 0.846. The largest absolute Gasteiger partial charge is 0.484 e. The van der Waals surface area contributed by atoms with E-state index in [2.05, 4.69) is 20.8 Å². The third-order valence-corrected chi connectivity index (χ3v) is 4.55. The second-order valence-electron chi connectivity index (χ2n) is 7.66. The molecule has 1 aromatic rings. The molecule has 0 N–H and O–H groups in total. The molecule has 2 saturated heterocycles. The van der Waals surface area contributed by atoms with Gasteiger partial charge < -0.3 is 9.64 Å². The summed E-state index contributed by atoms with van der Waals surface area (Å²) in [5, 5.41) is 1.26. The summed E-state index contributed by atoms with van der Waals surface area (Å²) >= 11 is 0. The van der Waals surface area contributed by atoms with Crippen LogP contribution < -0.4 is 4.74 Å². The highest BCUT2D eigenvalue weighted by atomic mass is 16.7. The van der Waals surface area contributed by atoms with Crippen LogP contribution in [-0.2, 0) is 19.8 Å². The molecular formula is C18H24N2O4. The number of benzene rings is 1. The fraction of sp³-hybridized carbons (Fsp3) is 0.556. The molecule has 2 heterocycles. The maximum atomic E-state index is 12.2. The van der Waals surface area contributed by atoms with Gasteiger partial charge in [-0.25, -0.2) is 5.06 Å². The molecule has 6 heteroatoms. The number of hydroxylamine groups is 2. The van der Waals surface area contributed by atoms with E-state index in [4.69, 9.17) is 9.57 Å². The van der Waals surface area contributed by atoms with Gasteiger partial charge in [-0.3, -0.25) is 14.4 Å². The maximum Gasteiger partial charge on any atom is 0.260 e. The van der Waals surface area contributed by atoms with Crippen molar-refractivity contribution in [2.75, 3.05) is 26.7 Å². The second-order valence-corrected chi connectivity index (χ2v) is 7.66. The van der Waals surface area contributed by atoms with Gasteiger partial charge in [-0.1, -0.05) is 32.9 Å². The molecule has 2 aliphatic rings. The smallest absolute Gasteiger partial charge is 0.260 e. The molecule has 0 radical (unpaired) electrons.